The van der Waals surface area contributed by atoms with Crippen molar-refractivity contribution in [1.82, 2.24) is 4.72 Å². The Bertz CT molecular complexity index is 375. The van der Waals surface area contributed by atoms with Gasteiger partial charge in [0.05, 0.1) is 6.61 Å². The van der Waals surface area contributed by atoms with E-state index in [1.165, 1.54) is 0 Å². The summed E-state index contributed by atoms with van der Waals surface area (Å²) in [6, 6.07) is 0. The molecule has 17 heavy (non-hydrogen) atoms. The van der Waals surface area contributed by atoms with Crippen molar-refractivity contribution in [3.05, 3.63) is 12.2 Å². The Balaban J connectivity index is 4.66. The molecule has 0 radical (unpaired) electrons. The number of rotatable bonds is 6. The summed E-state index contributed by atoms with van der Waals surface area (Å²) in [5.41, 5.74) is -0.924. The maximum Gasteiger partial charge on any atom is 0.333 e. The molecule has 0 heterocycles. The predicted octanol–water partition coefficient (Wildman–Crippen LogP) is 1.03. The van der Waals surface area contributed by atoms with Gasteiger partial charge in [-0.15, -0.1) is 0 Å². The summed E-state index contributed by atoms with van der Waals surface area (Å²) in [4.78, 5) is 11.3. The lowest BCUT2D eigenvalue weighted by molar-refractivity contribution is -0.143. The van der Waals surface area contributed by atoms with E-state index < -0.39 is 27.8 Å². The summed E-state index contributed by atoms with van der Waals surface area (Å²) < 4.78 is 28.9. The SMILES string of the molecule is C=C(C)C(=O)OCC(C)(C)C(C)(C)N[SH](=O)=O. The Morgan fingerprint density at radius 3 is 2.12 bits per heavy atom. The zero-order chi connectivity index (χ0) is 13.9. The van der Waals surface area contributed by atoms with E-state index in [-0.39, 0.29) is 6.61 Å². The van der Waals surface area contributed by atoms with Crippen molar-refractivity contribution in [3.63, 3.8) is 0 Å². The minimum absolute atomic E-state index is 0.113. The molecular weight excluding hydrogens is 242 g/mol. The van der Waals surface area contributed by atoms with Gasteiger partial charge in [0, 0.05) is 16.5 Å². The fourth-order valence-electron chi connectivity index (χ4n) is 0.929. The maximum atomic E-state index is 11.3. The normalized spacial score (nSPS) is 12.6. The number of esters is 1. The first-order valence-corrected chi connectivity index (χ1v) is 6.42. The molecule has 0 rings (SSSR count). The molecule has 0 atom stereocenters. The number of nitrogens with one attached hydrogen (secondary N) is 1. The van der Waals surface area contributed by atoms with Crippen LogP contribution in [0.2, 0.25) is 0 Å². The maximum absolute atomic E-state index is 11.3. The molecule has 6 heteroatoms. The molecule has 0 amide bonds. The highest BCUT2D eigenvalue weighted by Crippen LogP contribution is 2.30. The first-order chi connectivity index (χ1) is 7.49. The second kappa shape index (κ2) is 5.64. The molecule has 0 spiro atoms. The van der Waals surface area contributed by atoms with E-state index in [0.717, 1.165) is 0 Å². The van der Waals surface area contributed by atoms with E-state index in [9.17, 15) is 13.2 Å². The van der Waals surface area contributed by atoms with E-state index in [1.807, 2.05) is 13.8 Å². The molecule has 1 N–H and O–H groups in total. The van der Waals surface area contributed by atoms with Gasteiger partial charge in [0.1, 0.15) is 0 Å². The van der Waals surface area contributed by atoms with E-state index >= 15 is 0 Å². The Kier molecular flexibility index (Phi) is 5.35. The van der Waals surface area contributed by atoms with Gasteiger partial charge in [0.25, 0.3) is 0 Å². The number of carbonyl (C=O) groups excluding carboxylic acids is 1. The average molecular weight is 263 g/mol. The second-order valence-corrected chi connectivity index (χ2v) is 5.97. The third kappa shape index (κ3) is 4.87. The third-order valence-corrected chi connectivity index (χ3v) is 3.72. The summed E-state index contributed by atoms with van der Waals surface area (Å²) in [5.74, 6) is -0.472. The minimum Gasteiger partial charge on any atom is -0.462 e. The highest BCUT2D eigenvalue weighted by Gasteiger charge is 2.38. The molecule has 0 aromatic carbocycles. The minimum atomic E-state index is -2.70. The van der Waals surface area contributed by atoms with Crippen LogP contribution in [0.25, 0.3) is 0 Å². The van der Waals surface area contributed by atoms with Gasteiger partial charge in [-0.3, -0.25) is 0 Å². The molecule has 0 saturated carbocycles. The van der Waals surface area contributed by atoms with Crippen LogP contribution < -0.4 is 4.72 Å². The zero-order valence-electron chi connectivity index (χ0n) is 11.0. The molecule has 100 valence electrons. The van der Waals surface area contributed by atoms with E-state index in [4.69, 9.17) is 4.74 Å². The highest BCUT2D eigenvalue weighted by molar-refractivity contribution is 7.70. The van der Waals surface area contributed by atoms with Crippen LogP contribution >= 0.6 is 0 Å². The van der Waals surface area contributed by atoms with Crippen LogP contribution in [0.15, 0.2) is 12.2 Å². The van der Waals surface area contributed by atoms with Crippen molar-refractivity contribution in [3.8, 4) is 0 Å². The summed E-state index contributed by atoms with van der Waals surface area (Å²) >= 11 is 0. The number of ether oxygens (including phenoxy) is 1. The standard InChI is InChI=1S/C11H21NO4S/c1-8(2)9(13)16-7-10(3,4)11(5,6)12-17(14)15/h17H,1,7H2,2-6H3,(H,12,14,15). The fraction of sp³-hybridized carbons (Fsp3) is 0.727. The van der Waals surface area contributed by atoms with Crippen molar-refractivity contribution in [1.29, 1.82) is 0 Å². The molecule has 0 fully saturated rings. The van der Waals surface area contributed by atoms with Gasteiger partial charge in [-0.25, -0.2) is 17.9 Å². The number of hydrogen-bond acceptors (Lipinski definition) is 4. The van der Waals surface area contributed by atoms with Crippen LogP contribution in [0.1, 0.15) is 34.6 Å². The van der Waals surface area contributed by atoms with Crippen molar-refractivity contribution >= 4 is 16.9 Å². The summed E-state index contributed by atoms with van der Waals surface area (Å²) in [5, 5.41) is 0. The molecule has 0 aliphatic carbocycles. The van der Waals surface area contributed by atoms with Crippen molar-refractivity contribution in [2.75, 3.05) is 6.61 Å². The summed E-state index contributed by atoms with van der Waals surface area (Å²) in [6.45, 7) is 12.3. The molecule has 0 unspecified atom stereocenters. The average Bonchev–Trinajstić information content (AvgIpc) is 2.11. The molecule has 0 aliphatic heterocycles. The summed E-state index contributed by atoms with van der Waals surface area (Å²) in [7, 11) is -2.70. The lowest BCUT2D eigenvalue weighted by Gasteiger charge is -2.40. The van der Waals surface area contributed by atoms with Crippen LogP contribution in [-0.2, 0) is 20.4 Å². The molecule has 5 nitrogen and oxygen atoms in total. The number of thiol groups is 1. The topological polar surface area (TPSA) is 72.5 Å². The monoisotopic (exact) mass is 263 g/mol. The fourth-order valence-corrected chi connectivity index (χ4v) is 1.69. The zero-order valence-corrected chi connectivity index (χ0v) is 11.9. The largest absolute Gasteiger partial charge is 0.462 e. The van der Waals surface area contributed by atoms with Gasteiger partial charge in [-0.05, 0) is 20.8 Å². The van der Waals surface area contributed by atoms with Gasteiger partial charge >= 0.3 is 5.97 Å². The molecule has 0 aromatic heterocycles. The first-order valence-electron chi connectivity index (χ1n) is 5.24. The Labute approximate surface area is 104 Å². The first kappa shape index (κ1) is 16.1. The Hall–Kier alpha value is -0.880. The molecule has 0 saturated heterocycles. The lowest BCUT2D eigenvalue weighted by atomic mass is 9.76. The summed E-state index contributed by atoms with van der Waals surface area (Å²) in [6.07, 6.45) is 0. The molecule has 0 aliphatic rings. The van der Waals surface area contributed by atoms with Gasteiger partial charge in [-0.2, -0.15) is 0 Å². The van der Waals surface area contributed by atoms with Gasteiger partial charge in [-0.1, -0.05) is 20.4 Å². The van der Waals surface area contributed by atoms with Crippen molar-refractivity contribution in [2.24, 2.45) is 5.41 Å². The third-order valence-electron chi connectivity index (χ3n) is 2.98. The van der Waals surface area contributed by atoms with Crippen LogP contribution in [0, 0.1) is 5.41 Å². The Morgan fingerprint density at radius 2 is 1.76 bits per heavy atom. The Morgan fingerprint density at radius 1 is 1.29 bits per heavy atom. The van der Waals surface area contributed by atoms with E-state index in [2.05, 4.69) is 11.3 Å². The van der Waals surface area contributed by atoms with E-state index in [0.29, 0.717) is 5.57 Å². The molecule has 0 aromatic rings. The van der Waals surface area contributed by atoms with Crippen LogP contribution in [0.3, 0.4) is 0 Å². The number of carbonyl (C=O) groups is 1. The van der Waals surface area contributed by atoms with Crippen LogP contribution in [0.4, 0.5) is 0 Å². The van der Waals surface area contributed by atoms with Gasteiger partial charge < -0.3 is 4.74 Å². The predicted molar refractivity (Wildman–Crippen MR) is 67.1 cm³/mol. The highest BCUT2D eigenvalue weighted by atomic mass is 32.2. The second-order valence-electron chi connectivity index (χ2n) is 5.23. The smallest absolute Gasteiger partial charge is 0.333 e. The van der Waals surface area contributed by atoms with E-state index in [1.54, 1.807) is 20.8 Å². The van der Waals surface area contributed by atoms with Gasteiger partial charge in [0.2, 0.25) is 10.9 Å². The quantitative estimate of drug-likeness (QED) is 0.426. The number of hydrogen-bond donors (Lipinski definition) is 2. The van der Waals surface area contributed by atoms with Crippen LogP contribution in [0.5, 0.6) is 0 Å². The van der Waals surface area contributed by atoms with Crippen LogP contribution in [-0.4, -0.2) is 26.5 Å². The molecular formula is C11H21NO4S. The van der Waals surface area contributed by atoms with Crippen molar-refractivity contribution < 1.29 is 17.9 Å². The van der Waals surface area contributed by atoms with Crippen molar-refractivity contribution in [2.45, 2.75) is 40.2 Å². The lowest BCUT2D eigenvalue weighted by Crippen LogP contribution is -2.53. The van der Waals surface area contributed by atoms with Gasteiger partial charge in [0.15, 0.2) is 0 Å². The molecule has 0 bridgehead atoms.